The molecule has 0 bridgehead atoms. The Kier molecular flexibility index (Phi) is 5.05. The lowest BCUT2D eigenvalue weighted by molar-refractivity contribution is -0.121. The number of sulfone groups is 1. The molecule has 1 aromatic carbocycles. The average Bonchev–Trinajstić information content (AvgIpc) is 2.71. The molecule has 1 aliphatic heterocycles. The van der Waals surface area contributed by atoms with Crippen LogP contribution < -0.4 is 5.32 Å². The summed E-state index contributed by atoms with van der Waals surface area (Å²) in [7, 11) is -2.90. The summed E-state index contributed by atoms with van der Waals surface area (Å²) < 4.78 is 22.6. The number of hydrogen-bond acceptors (Lipinski definition) is 3. The van der Waals surface area contributed by atoms with Crippen LogP contribution in [0.4, 0.5) is 0 Å². The number of benzene rings is 1. The summed E-state index contributed by atoms with van der Waals surface area (Å²) in [6, 6.07) is 7.50. The molecule has 1 amide bonds. The van der Waals surface area contributed by atoms with E-state index in [-0.39, 0.29) is 23.3 Å². The molecule has 2 rings (SSSR count). The summed E-state index contributed by atoms with van der Waals surface area (Å²) in [6.45, 7) is 0.555. The molecule has 1 N–H and O–H groups in total. The van der Waals surface area contributed by atoms with Crippen LogP contribution in [-0.4, -0.2) is 32.4 Å². The van der Waals surface area contributed by atoms with E-state index in [1.54, 1.807) is 0 Å². The van der Waals surface area contributed by atoms with Gasteiger partial charge >= 0.3 is 0 Å². The Morgan fingerprint density at radius 3 is 2.60 bits per heavy atom. The molecule has 1 saturated heterocycles. The van der Waals surface area contributed by atoms with E-state index in [2.05, 4.69) is 5.32 Å². The van der Waals surface area contributed by atoms with Gasteiger partial charge in [0.15, 0.2) is 9.84 Å². The van der Waals surface area contributed by atoms with Crippen LogP contribution in [0.15, 0.2) is 24.3 Å². The van der Waals surface area contributed by atoms with E-state index in [1.165, 1.54) is 0 Å². The van der Waals surface area contributed by atoms with Gasteiger partial charge in [0.1, 0.15) is 0 Å². The minimum absolute atomic E-state index is 0.0180. The maximum Gasteiger partial charge on any atom is 0.220 e. The van der Waals surface area contributed by atoms with E-state index in [0.29, 0.717) is 24.4 Å². The van der Waals surface area contributed by atoms with Gasteiger partial charge in [-0.3, -0.25) is 4.79 Å². The van der Waals surface area contributed by atoms with Crippen molar-refractivity contribution in [3.63, 3.8) is 0 Å². The monoisotopic (exact) mass is 315 g/mol. The van der Waals surface area contributed by atoms with Crippen molar-refractivity contribution in [3.05, 3.63) is 34.9 Å². The van der Waals surface area contributed by atoms with Crippen molar-refractivity contribution < 1.29 is 13.2 Å². The first-order chi connectivity index (χ1) is 9.44. The summed E-state index contributed by atoms with van der Waals surface area (Å²) in [5.41, 5.74) is 1.11. The predicted octanol–water partition coefficient (Wildman–Crippen LogP) is 1.82. The number of amides is 1. The van der Waals surface area contributed by atoms with E-state index in [0.717, 1.165) is 12.0 Å². The first kappa shape index (κ1) is 15.3. The molecule has 1 atom stereocenters. The van der Waals surface area contributed by atoms with Crippen LogP contribution in [0, 0.1) is 5.92 Å². The van der Waals surface area contributed by atoms with Crippen molar-refractivity contribution in [2.75, 3.05) is 18.1 Å². The lowest BCUT2D eigenvalue weighted by Gasteiger charge is -2.08. The zero-order valence-corrected chi connectivity index (χ0v) is 12.7. The molecule has 1 aromatic rings. The Labute approximate surface area is 124 Å². The van der Waals surface area contributed by atoms with E-state index in [1.807, 2.05) is 24.3 Å². The highest BCUT2D eigenvalue weighted by molar-refractivity contribution is 7.91. The Hall–Kier alpha value is -1.07. The molecule has 1 heterocycles. The fourth-order valence-corrected chi connectivity index (χ4v) is 4.35. The number of nitrogens with one attached hydrogen (secondary N) is 1. The molecular formula is C14H18ClNO3S. The van der Waals surface area contributed by atoms with E-state index in [4.69, 9.17) is 11.6 Å². The van der Waals surface area contributed by atoms with Gasteiger partial charge in [0.2, 0.25) is 5.91 Å². The Morgan fingerprint density at radius 2 is 2.00 bits per heavy atom. The molecule has 0 radical (unpaired) electrons. The SMILES string of the molecule is O=C(C[C@@H]1CCS(=O)(=O)C1)NCCc1ccc(Cl)cc1. The second kappa shape index (κ2) is 6.59. The minimum atomic E-state index is -2.90. The summed E-state index contributed by atoms with van der Waals surface area (Å²) in [5, 5.41) is 3.53. The molecule has 110 valence electrons. The fraction of sp³-hybridized carbons (Fsp3) is 0.500. The fourth-order valence-electron chi connectivity index (χ4n) is 2.36. The van der Waals surface area contributed by atoms with E-state index >= 15 is 0 Å². The van der Waals surface area contributed by atoms with Crippen LogP contribution in [-0.2, 0) is 21.1 Å². The standard InChI is InChI=1S/C14H18ClNO3S/c15-13-3-1-11(2-4-13)5-7-16-14(17)9-12-6-8-20(18,19)10-12/h1-4,12H,5-10H2,(H,16,17)/t12-/m0/s1. The van der Waals surface area contributed by atoms with Crippen LogP contribution in [0.1, 0.15) is 18.4 Å². The smallest absolute Gasteiger partial charge is 0.220 e. The number of halogens is 1. The van der Waals surface area contributed by atoms with Crippen molar-refractivity contribution in [1.29, 1.82) is 0 Å². The molecule has 0 spiro atoms. The highest BCUT2D eigenvalue weighted by atomic mass is 35.5. The molecule has 4 nitrogen and oxygen atoms in total. The van der Waals surface area contributed by atoms with Gasteiger partial charge in [0.05, 0.1) is 11.5 Å². The largest absolute Gasteiger partial charge is 0.356 e. The van der Waals surface area contributed by atoms with Gasteiger partial charge in [-0.05, 0) is 36.5 Å². The molecule has 1 fully saturated rings. The van der Waals surface area contributed by atoms with Gasteiger partial charge in [-0.2, -0.15) is 0 Å². The van der Waals surface area contributed by atoms with E-state index < -0.39 is 9.84 Å². The van der Waals surface area contributed by atoms with Crippen LogP contribution >= 0.6 is 11.6 Å². The molecule has 6 heteroatoms. The Bertz CT molecular complexity index is 569. The highest BCUT2D eigenvalue weighted by Crippen LogP contribution is 2.21. The summed E-state index contributed by atoms with van der Waals surface area (Å²) in [4.78, 5) is 11.7. The first-order valence-corrected chi connectivity index (χ1v) is 8.86. The number of hydrogen-bond donors (Lipinski definition) is 1. The second-order valence-corrected chi connectivity index (χ2v) is 7.86. The van der Waals surface area contributed by atoms with Crippen molar-refractivity contribution in [1.82, 2.24) is 5.32 Å². The molecular weight excluding hydrogens is 298 g/mol. The lowest BCUT2D eigenvalue weighted by Crippen LogP contribution is -2.27. The minimum Gasteiger partial charge on any atom is -0.356 e. The summed E-state index contributed by atoms with van der Waals surface area (Å²) in [5.74, 6) is 0.282. The van der Waals surface area contributed by atoms with Gasteiger partial charge in [0, 0.05) is 18.0 Å². The molecule has 0 saturated carbocycles. The van der Waals surface area contributed by atoms with Crippen molar-refractivity contribution in [2.24, 2.45) is 5.92 Å². The third-order valence-corrected chi connectivity index (χ3v) is 5.54. The summed E-state index contributed by atoms with van der Waals surface area (Å²) in [6.07, 6.45) is 1.65. The second-order valence-electron chi connectivity index (χ2n) is 5.20. The zero-order valence-electron chi connectivity index (χ0n) is 11.1. The number of carbonyl (C=O) groups excluding carboxylic acids is 1. The van der Waals surface area contributed by atoms with Gasteiger partial charge in [0.25, 0.3) is 0 Å². The summed E-state index contributed by atoms with van der Waals surface area (Å²) >= 11 is 5.80. The first-order valence-electron chi connectivity index (χ1n) is 6.66. The van der Waals surface area contributed by atoms with Crippen molar-refractivity contribution >= 4 is 27.3 Å². The normalized spacial score (nSPS) is 20.8. The number of carbonyl (C=O) groups is 1. The third kappa shape index (κ3) is 4.80. The van der Waals surface area contributed by atoms with Gasteiger partial charge in [-0.15, -0.1) is 0 Å². The van der Waals surface area contributed by atoms with Gasteiger partial charge < -0.3 is 5.32 Å². The molecule has 1 aliphatic rings. The van der Waals surface area contributed by atoms with Gasteiger partial charge in [-0.25, -0.2) is 8.42 Å². The van der Waals surface area contributed by atoms with Crippen molar-refractivity contribution in [2.45, 2.75) is 19.3 Å². The maximum atomic E-state index is 11.7. The maximum absolute atomic E-state index is 11.7. The van der Waals surface area contributed by atoms with Crippen LogP contribution in [0.2, 0.25) is 5.02 Å². The van der Waals surface area contributed by atoms with Crippen molar-refractivity contribution in [3.8, 4) is 0 Å². The molecule has 0 aromatic heterocycles. The topological polar surface area (TPSA) is 63.2 Å². The van der Waals surface area contributed by atoms with Crippen LogP contribution in [0.5, 0.6) is 0 Å². The Morgan fingerprint density at radius 1 is 1.30 bits per heavy atom. The number of rotatable bonds is 5. The highest BCUT2D eigenvalue weighted by Gasteiger charge is 2.29. The average molecular weight is 316 g/mol. The van der Waals surface area contributed by atoms with Crippen LogP contribution in [0.25, 0.3) is 0 Å². The molecule has 0 aliphatic carbocycles. The zero-order chi connectivity index (χ0) is 14.6. The predicted molar refractivity (Wildman–Crippen MR) is 79.5 cm³/mol. The quantitative estimate of drug-likeness (QED) is 0.901. The molecule has 20 heavy (non-hydrogen) atoms. The van der Waals surface area contributed by atoms with E-state index in [9.17, 15) is 13.2 Å². The van der Waals surface area contributed by atoms with Gasteiger partial charge in [-0.1, -0.05) is 23.7 Å². The third-order valence-electron chi connectivity index (χ3n) is 3.45. The lowest BCUT2D eigenvalue weighted by atomic mass is 10.0. The Balaban J connectivity index is 1.69. The molecule has 0 unspecified atom stereocenters. The van der Waals surface area contributed by atoms with Crippen LogP contribution in [0.3, 0.4) is 0 Å².